The van der Waals surface area contributed by atoms with Crippen LogP contribution in [0, 0.1) is 0 Å². The number of hydrogen-bond acceptors (Lipinski definition) is 6. The van der Waals surface area contributed by atoms with Crippen LogP contribution >= 0.6 is 0 Å². The van der Waals surface area contributed by atoms with Crippen molar-refractivity contribution in [2.45, 2.75) is 220 Å². The number of unbranched alkanes of at least 4 members (excludes halogenated alkanes) is 24. The van der Waals surface area contributed by atoms with Gasteiger partial charge in [-0.15, -0.1) is 0 Å². The van der Waals surface area contributed by atoms with Crippen LogP contribution in [0.5, 0.6) is 0 Å². The first-order valence-corrected chi connectivity index (χ1v) is 19.2. The molecule has 8 nitrogen and oxygen atoms in total. The van der Waals surface area contributed by atoms with Crippen molar-refractivity contribution in [3.05, 3.63) is 0 Å². The molecule has 0 fully saturated rings. The number of aliphatic carboxylic acids is 2. The second-order valence-corrected chi connectivity index (χ2v) is 13.2. The molecule has 2 N–H and O–H groups in total. The largest absolute Gasteiger partial charge is 1.00 e. The van der Waals surface area contributed by atoms with E-state index < -0.39 is 24.0 Å². The van der Waals surface area contributed by atoms with Crippen molar-refractivity contribution in [3.8, 4) is 0 Å². The summed E-state index contributed by atoms with van der Waals surface area (Å²) in [5.41, 5.74) is 0. The summed E-state index contributed by atoms with van der Waals surface area (Å²) in [5.74, 6) is -2.85. The van der Waals surface area contributed by atoms with Crippen molar-refractivity contribution in [1.82, 2.24) is 10.6 Å². The molecular weight excluding hydrogens is 643 g/mol. The van der Waals surface area contributed by atoms with Crippen molar-refractivity contribution in [3.63, 3.8) is 0 Å². The molecule has 0 saturated carbocycles. The maximum absolute atomic E-state index is 11.5. The minimum atomic E-state index is -1.23. The maximum Gasteiger partial charge on any atom is 1.00 e. The molecule has 0 aliphatic carbocycles. The molecule has 0 spiro atoms. The molecule has 2 unspecified atom stereocenters. The van der Waals surface area contributed by atoms with Crippen LogP contribution in [0.3, 0.4) is 0 Å². The number of nitrogens with one attached hydrogen (secondary N) is 2. The average molecular weight is 715 g/mol. The normalized spacial score (nSPS) is 11.6. The van der Waals surface area contributed by atoms with E-state index in [0.717, 1.165) is 25.7 Å². The molecule has 0 aliphatic rings. The number of rotatable bonds is 32. The third-order valence-corrected chi connectivity index (χ3v) is 8.48. The average Bonchev–Trinajstić information content (AvgIpc) is 3.01. The van der Waals surface area contributed by atoms with E-state index in [1.165, 1.54) is 155 Å². The molecule has 0 rings (SSSR count). The molecule has 2 atom stereocenters. The van der Waals surface area contributed by atoms with E-state index in [1.54, 1.807) is 0 Å². The number of amides is 2. The van der Waals surface area contributed by atoms with Crippen LogP contribution in [0.2, 0.25) is 0 Å². The second kappa shape index (κ2) is 43.7. The minimum Gasteiger partial charge on any atom is -0.548 e. The Hall–Kier alpha value is 0.516. The van der Waals surface area contributed by atoms with Gasteiger partial charge in [0, 0.05) is 12.8 Å². The molecule has 10 heteroatoms. The van der Waals surface area contributed by atoms with E-state index in [4.69, 9.17) is 0 Å². The van der Waals surface area contributed by atoms with Gasteiger partial charge in [-0.3, -0.25) is 9.59 Å². The third kappa shape index (κ3) is 44.5. The smallest absolute Gasteiger partial charge is 0.548 e. The van der Waals surface area contributed by atoms with Crippen LogP contribution in [0.25, 0.3) is 0 Å². The first kappa shape index (κ1) is 55.3. The minimum absolute atomic E-state index is 0. The van der Waals surface area contributed by atoms with Gasteiger partial charge in [-0.2, -0.15) is 0 Å². The van der Waals surface area contributed by atoms with Crippen molar-refractivity contribution in [2.75, 3.05) is 0 Å². The Bertz CT molecular complexity index is 684. The van der Waals surface area contributed by atoms with Gasteiger partial charge in [-0.1, -0.05) is 168 Å². The Kier molecular flexibility index (Phi) is 50.3. The summed E-state index contributed by atoms with van der Waals surface area (Å²) in [7, 11) is 0. The van der Waals surface area contributed by atoms with Gasteiger partial charge in [-0.25, -0.2) is 0 Å². The molecule has 0 saturated heterocycles. The Morgan fingerprint density at radius 2 is 0.604 bits per heavy atom. The quantitative estimate of drug-likeness (QED) is 0.0800. The van der Waals surface area contributed by atoms with Crippen LogP contribution in [0.15, 0.2) is 0 Å². The molecule has 0 radical (unpaired) electrons. The summed E-state index contributed by atoms with van der Waals surface area (Å²) >= 11 is 0. The van der Waals surface area contributed by atoms with Gasteiger partial charge in [0.05, 0.1) is 24.0 Å². The summed E-state index contributed by atoms with van der Waals surface area (Å²) < 4.78 is 0. The van der Waals surface area contributed by atoms with Gasteiger partial charge in [0.1, 0.15) is 0 Å². The van der Waals surface area contributed by atoms with Gasteiger partial charge in [-0.05, 0) is 26.7 Å². The first-order chi connectivity index (χ1) is 22.1. The Morgan fingerprint density at radius 3 is 0.792 bits per heavy atom. The van der Waals surface area contributed by atoms with Crippen LogP contribution < -0.4 is 102 Å². The number of carboxylic acids is 2. The fourth-order valence-electron chi connectivity index (χ4n) is 5.35. The standard InChI is InChI=1S/2C19H37NO3.K.Na/c2*1-3-4-5-6-7-8-9-10-11-12-13-14-15-16-18(21)20-17(2)19(22)23;;/h2*17H,3-16H2,1-2H3,(H,20,21)(H,22,23);;/q;;2*+1/p-2. The molecule has 48 heavy (non-hydrogen) atoms. The van der Waals surface area contributed by atoms with E-state index in [1.807, 2.05) is 0 Å². The molecule has 0 aromatic rings. The van der Waals surface area contributed by atoms with Crippen LogP contribution in [0.1, 0.15) is 207 Å². The second-order valence-electron chi connectivity index (χ2n) is 13.2. The number of hydrogen-bond donors (Lipinski definition) is 2. The monoisotopic (exact) mass is 714 g/mol. The van der Waals surface area contributed by atoms with E-state index >= 15 is 0 Å². The Labute approximate surface area is 360 Å². The predicted octanol–water partition coefficient (Wildman–Crippen LogP) is 1.45. The maximum atomic E-state index is 11.5. The fourth-order valence-corrected chi connectivity index (χ4v) is 5.35. The SMILES string of the molecule is CCCCCCCCCCCCCCCC(=O)NC(C)C(=O)[O-].CCCCCCCCCCCCCCCC(=O)NC(C)C(=O)[O-].[K+].[Na+]. The van der Waals surface area contributed by atoms with E-state index in [0.29, 0.717) is 12.8 Å². The van der Waals surface area contributed by atoms with E-state index in [9.17, 15) is 29.4 Å². The van der Waals surface area contributed by atoms with Crippen LogP contribution in [0.4, 0.5) is 0 Å². The zero-order valence-electron chi connectivity index (χ0n) is 32.4. The van der Waals surface area contributed by atoms with Gasteiger partial charge >= 0.3 is 80.9 Å². The van der Waals surface area contributed by atoms with Gasteiger partial charge < -0.3 is 30.4 Å². The molecular formula is C38H72KN2NaO6. The summed E-state index contributed by atoms with van der Waals surface area (Å²) in [5, 5.41) is 25.8. The Morgan fingerprint density at radius 1 is 0.417 bits per heavy atom. The van der Waals surface area contributed by atoms with Crippen molar-refractivity contribution in [2.24, 2.45) is 0 Å². The molecule has 0 aromatic heterocycles. The predicted molar refractivity (Wildman–Crippen MR) is 186 cm³/mol. The third-order valence-electron chi connectivity index (χ3n) is 8.48. The summed E-state index contributed by atoms with van der Waals surface area (Å²) in [6.45, 7) is 7.36. The first-order valence-electron chi connectivity index (χ1n) is 19.2. The van der Waals surface area contributed by atoms with E-state index in [2.05, 4.69) is 24.5 Å². The summed E-state index contributed by atoms with van der Waals surface area (Å²) in [6.07, 6.45) is 33.9. The molecule has 0 heterocycles. The fraction of sp³-hybridized carbons (Fsp3) is 0.895. The van der Waals surface area contributed by atoms with Crippen molar-refractivity contribution >= 4 is 23.8 Å². The topological polar surface area (TPSA) is 138 Å². The molecule has 0 aliphatic heterocycles. The van der Waals surface area contributed by atoms with E-state index in [-0.39, 0.29) is 92.8 Å². The summed E-state index contributed by atoms with van der Waals surface area (Å²) in [6, 6.07) is -1.80. The van der Waals surface area contributed by atoms with Gasteiger partial charge in [0.2, 0.25) is 11.8 Å². The van der Waals surface area contributed by atoms with Gasteiger partial charge in [0.25, 0.3) is 0 Å². The molecule has 2 amide bonds. The molecule has 0 bridgehead atoms. The van der Waals surface area contributed by atoms with Gasteiger partial charge in [0.15, 0.2) is 0 Å². The zero-order valence-corrected chi connectivity index (χ0v) is 37.5. The molecule has 0 aromatic carbocycles. The van der Waals surface area contributed by atoms with Crippen LogP contribution in [-0.2, 0) is 19.2 Å². The Balaban J connectivity index is -0.000000387. The summed E-state index contributed by atoms with van der Waals surface area (Å²) in [4.78, 5) is 43.9. The van der Waals surface area contributed by atoms with Crippen molar-refractivity contribution in [1.29, 1.82) is 0 Å². The number of carboxylic acid groups (broad SMARTS) is 2. The number of carbonyl (C=O) groups excluding carboxylic acids is 4. The number of carbonyl (C=O) groups is 4. The van der Waals surface area contributed by atoms with Crippen LogP contribution in [-0.4, -0.2) is 35.8 Å². The van der Waals surface area contributed by atoms with Crippen molar-refractivity contribution < 1.29 is 110 Å². The molecule has 272 valence electrons. The zero-order chi connectivity index (χ0) is 34.7.